The maximum absolute atomic E-state index is 13.0. The van der Waals surface area contributed by atoms with Crippen LogP contribution < -0.4 is 0 Å². The molecule has 1 aliphatic rings. The number of nitrogens with zero attached hydrogens (tertiary/aromatic N) is 2. The highest BCUT2D eigenvalue weighted by Crippen LogP contribution is 2.41. The molecule has 0 unspecified atom stereocenters. The van der Waals surface area contributed by atoms with E-state index in [9.17, 15) is 14.3 Å². The van der Waals surface area contributed by atoms with Gasteiger partial charge in [0.15, 0.2) is 11.6 Å². The van der Waals surface area contributed by atoms with Gasteiger partial charge in [0.2, 0.25) is 0 Å². The Balaban J connectivity index is 1.93. The van der Waals surface area contributed by atoms with Crippen molar-refractivity contribution < 1.29 is 14.3 Å². The Bertz CT molecular complexity index is 920. The van der Waals surface area contributed by atoms with Gasteiger partial charge in [-0.1, -0.05) is 12.1 Å². The molecule has 4 rings (SSSR count). The minimum absolute atomic E-state index is 0.00774. The van der Waals surface area contributed by atoms with Crippen LogP contribution in [0.2, 0.25) is 0 Å². The molecular formula is C17H9FN2O2. The molecule has 1 aromatic heterocycles. The van der Waals surface area contributed by atoms with E-state index in [4.69, 9.17) is 0 Å². The van der Waals surface area contributed by atoms with E-state index in [0.29, 0.717) is 33.8 Å². The van der Waals surface area contributed by atoms with E-state index in [1.54, 1.807) is 24.3 Å². The highest BCUT2D eigenvalue weighted by Gasteiger charge is 2.31. The average Bonchev–Trinajstić information content (AvgIpc) is 2.82. The number of aromatic hydroxyl groups is 1. The van der Waals surface area contributed by atoms with Gasteiger partial charge in [0.25, 0.3) is 0 Å². The fourth-order valence-corrected chi connectivity index (χ4v) is 2.60. The van der Waals surface area contributed by atoms with Gasteiger partial charge in [-0.15, -0.1) is 0 Å². The normalized spacial score (nSPS) is 12.1. The van der Waals surface area contributed by atoms with Crippen LogP contribution in [0, 0.1) is 5.82 Å². The number of carbonyl (C=O) groups excluding carboxylic acids is 1. The number of hydrogen-bond donors (Lipinski definition) is 1. The van der Waals surface area contributed by atoms with E-state index in [1.807, 2.05) is 0 Å². The molecule has 0 fully saturated rings. The van der Waals surface area contributed by atoms with Crippen molar-refractivity contribution in [2.75, 3.05) is 0 Å². The summed E-state index contributed by atoms with van der Waals surface area (Å²) in [5, 5.41) is 10.0. The third kappa shape index (κ3) is 1.72. The first-order valence-electron chi connectivity index (χ1n) is 6.65. The monoisotopic (exact) mass is 292 g/mol. The molecule has 106 valence electrons. The SMILES string of the molecule is O=C1c2cnc(-c3ccc(F)cc3)nc2-c2c(O)cccc21. The second-order valence-electron chi connectivity index (χ2n) is 4.99. The lowest BCUT2D eigenvalue weighted by molar-refractivity contribution is 0.104. The first-order chi connectivity index (χ1) is 10.6. The molecular weight excluding hydrogens is 283 g/mol. The van der Waals surface area contributed by atoms with Crippen LogP contribution in [-0.2, 0) is 0 Å². The minimum Gasteiger partial charge on any atom is -0.507 e. The van der Waals surface area contributed by atoms with Gasteiger partial charge in [0.05, 0.1) is 16.8 Å². The fraction of sp³-hybridized carbons (Fsp3) is 0. The van der Waals surface area contributed by atoms with Gasteiger partial charge >= 0.3 is 0 Å². The molecule has 0 bridgehead atoms. The average molecular weight is 292 g/mol. The molecule has 22 heavy (non-hydrogen) atoms. The summed E-state index contributed by atoms with van der Waals surface area (Å²) in [6.07, 6.45) is 1.45. The number of phenols is 1. The lowest BCUT2D eigenvalue weighted by atomic mass is 10.1. The number of carbonyl (C=O) groups is 1. The molecule has 0 saturated heterocycles. The zero-order valence-corrected chi connectivity index (χ0v) is 11.2. The predicted octanol–water partition coefficient (Wildman–Crippen LogP) is 3.20. The molecule has 0 aliphatic heterocycles. The van der Waals surface area contributed by atoms with Crippen molar-refractivity contribution in [2.45, 2.75) is 0 Å². The van der Waals surface area contributed by atoms with Crippen molar-refractivity contribution in [3.63, 3.8) is 0 Å². The van der Waals surface area contributed by atoms with Gasteiger partial charge in [0.1, 0.15) is 11.6 Å². The highest BCUT2D eigenvalue weighted by atomic mass is 19.1. The van der Waals surface area contributed by atoms with Crippen LogP contribution >= 0.6 is 0 Å². The molecule has 0 spiro atoms. The van der Waals surface area contributed by atoms with Crippen molar-refractivity contribution in [3.8, 4) is 28.4 Å². The number of ketones is 1. The number of rotatable bonds is 1. The van der Waals surface area contributed by atoms with E-state index in [2.05, 4.69) is 9.97 Å². The second-order valence-corrected chi connectivity index (χ2v) is 4.99. The van der Waals surface area contributed by atoms with Gasteiger partial charge in [-0.2, -0.15) is 0 Å². The summed E-state index contributed by atoms with van der Waals surface area (Å²) in [5.74, 6) is -0.161. The van der Waals surface area contributed by atoms with Crippen LogP contribution in [0.3, 0.4) is 0 Å². The molecule has 0 atom stereocenters. The van der Waals surface area contributed by atoms with Crippen molar-refractivity contribution in [3.05, 3.63) is 65.6 Å². The third-order valence-electron chi connectivity index (χ3n) is 3.66. The second kappa shape index (κ2) is 4.46. The predicted molar refractivity (Wildman–Crippen MR) is 78.0 cm³/mol. The summed E-state index contributed by atoms with van der Waals surface area (Å²) in [6, 6.07) is 10.6. The van der Waals surface area contributed by atoms with Gasteiger partial charge in [-0.05, 0) is 30.3 Å². The van der Waals surface area contributed by atoms with Gasteiger partial charge < -0.3 is 5.11 Å². The molecule has 0 saturated carbocycles. The summed E-state index contributed by atoms with van der Waals surface area (Å²) >= 11 is 0. The van der Waals surface area contributed by atoms with Gasteiger partial charge in [-0.3, -0.25) is 4.79 Å². The number of halogens is 1. The zero-order chi connectivity index (χ0) is 15.3. The fourth-order valence-electron chi connectivity index (χ4n) is 2.60. The largest absolute Gasteiger partial charge is 0.507 e. The lowest BCUT2D eigenvalue weighted by Gasteiger charge is -2.04. The van der Waals surface area contributed by atoms with E-state index < -0.39 is 0 Å². The van der Waals surface area contributed by atoms with E-state index in [1.165, 1.54) is 24.4 Å². The Morgan fingerprint density at radius 3 is 2.55 bits per heavy atom. The van der Waals surface area contributed by atoms with Crippen molar-refractivity contribution in [1.82, 2.24) is 9.97 Å². The standard InChI is InChI=1S/C17H9FN2O2/c18-10-6-4-9(5-7-10)17-19-8-12-15(20-17)14-11(16(12)22)2-1-3-13(14)21/h1-8,21H. The molecule has 1 N–H and O–H groups in total. The summed E-state index contributed by atoms with van der Waals surface area (Å²) in [4.78, 5) is 20.9. The molecule has 3 aromatic rings. The highest BCUT2D eigenvalue weighted by molar-refractivity contribution is 6.21. The Morgan fingerprint density at radius 2 is 1.77 bits per heavy atom. The molecule has 5 heteroatoms. The van der Waals surface area contributed by atoms with Crippen molar-refractivity contribution in [2.24, 2.45) is 0 Å². The Labute approximate surface area is 124 Å². The van der Waals surface area contributed by atoms with Crippen LogP contribution in [-0.4, -0.2) is 20.9 Å². The number of aromatic nitrogens is 2. The van der Waals surface area contributed by atoms with Gasteiger partial charge in [-0.25, -0.2) is 14.4 Å². The van der Waals surface area contributed by atoms with Crippen LogP contribution in [0.5, 0.6) is 5.75 Å². The van der Waals surface area contributed by atoms with E-state index in [0.717, 1.165) is 0 Å². The maximum Gasteiger partial charge on any atom is 0.197 e. The summed E-state index contributed by atoms with van der Waals surface area (Å²) in [5.41, 5.74) is 2.25. The third-order valence-corrected chi connectivity index (χ3v) is 3.66. The van der Waals surface area contributed by atoms with Crippen molar-refractivity contribution in [1.29, 1.82) is 0 Å². The minimum atomic E-state index is -0.344. The van der Waals surface area contributed by atoms with Crippen LogP contribution in [0.25, 0.3) is 22.6 Å². The van der Waals surface area contributed by atoms with Crippen LogP contribution in [0.4, 0.5) is 4.39 Å². The lowest BCUT2D eigenvalue weighted by Crippen LogP contribution is -1.98. The summed E-state index contributed by atoms with van der Waals surface area (Å²) < 4.78 is 13.0. The first-order valence-corrected chi connectivity index (χ1v) is 6.65. The quantitative estimate of drug-likeness (QED) is 0.585. The Morgan fingerprint density at radius 1 is 1.00 bits per heavy atom. The van der Waals surface area contributed by atoms with Gasteiger partial charge in [0, 0.05) is 17.3 Å². The van der Waals surface area contributed by atoms with E-state index in [-0.39, 0.29) is 17.3 Å². The topological polar surface area (TPSA) is 63.1 Å². The first kappa shape index (κ1) is 12.6. The maximum atomic E-state index is 13.0. The number of hydrogen-bond acceptors (Lipinski definition) is 4. The van der Waals surface area contributed by atoms with Crippen LogP contribution in [0.1, 0.15) is 15.9 Å². The zero-order valence-electron chi connectivity index (χ0n) is 11.2. The molecule has 1 aliphatic carbocycles. The number of benzene rings is 2. The summed E-state index contributed by atoms with van der Waals surface area (Å²) in [6.45, 7) is 0. The number of fused-ring (bicyclic) bond motifs is 3. The molecule has 0 amide bonds. The number of phenolic OH excluding ortho intramolecular Hbond substituents is 1. The van der Waals surface area contributed by atoms with Crippen LogP contribution in [0.15, 0.2) is 48.7 Å². The molecule has 4 nitrogen and oxygen atoms in total. The van der Waals surface area contributed by atoms with Crippen molar-refractivity contribution >= 4 is 5.78 Å². The Kier molecular flexibility index (Phi) is 2.56. The molecule has 2 aromatic carbocycles. The summed E-state index contributed by atoms with van der Waals surface area (Å²) in [7, 11) is 0. The smallest absolute Gasteiger partial charge is 0.197 e. The van der Waals surface area contributed by atoms with E-state index >= 15 is 0 Å². The molecule has 0 radical (unpaired) electrons. The molecule has 1 heterocycles. The Hall–Kier alpha value is -3.08.